The van der Waals surface area contributed by atoms with Crippen molar-refractivity contribution in [2.75, 3.05) is 0 Å². The zero-order valence-corrected chi connectivity index (χ0v) is 9.75. The molecule has 0 spiro atoms. The van der Waals surface area contributed by atoms with Gasteiger partial charge in [0.2, 0.25) is 0 Å². The first-order chi connectivity index (χ1) is 6.86. The van der Waals surface area contributed by atoms with Gasteiger partial charge in [0, 0.05) is 0 Å². The maximum absolute atomic E-state index is 11.1. The molecule has 5 heteroatoms. The molecule has 0 aliphatic rings. The van der Waals surface area contributed by atoms with Crippen LogP contribution in [0, 0.1) is 0 Å². The fourth-order valence-electron chi connectivity index (χ4n) is 1.23. The Balaban J connectivity index is 3.58. The van der Waals surface area contributed by atoms with E-state index in [9.17, 15) is 19.8 Å². The van der Waals surface area contributed by atoms with Gasteiger partial charge in [-0.2, -0.15) is 0 Å². The summed E-state index contributed by atoms with van der Waals surface area (Å²) in [6.45, 7) is 2.51. The summed E-state index contributed by atoms with van der Waals surface area (Å²) in [6, 6.07) is 1.08. The van der Waals surface area contributed by atoms with Gasteiger partial charge in [0.25, 0.3) is 0 Å². The van der Waals surface area contributed by atoms with Gasteiger partial charge >= 0.3 is 0 Å². The summed E-state index contributed by atoms with van der Waals surface area (Å²) in [7, 11) is 0. The van der Waals surface area contributed by atoms with E-state index in [1.54, 1.807) is 0 Å². The maximum Gasteiger partial charge on any atom is 0.164 e. The Morgan fingerprint density at radius 3 is 2.13 bits per heavy atom. The molecule has 0 heterocycles. The van der Waals surface area contributed by atoms with Crippen LogP contribution in [0.15, 0.2) is 10.5 Å². The van der Waals surface area contributed by atoms with Gasteiger partial charge in [0.15, 0.2) is 11.6 Å². The first-order valence-electron chi connectivity index (χ1n) is 4.12. The van der Waals surface area contributed by atoms with Crippen molar-refractivity contribution in [1.29, 1.82) is 0 Å². The molecule has 0 radical (unpaired) electrons. The van der Waals surface area contributed by atoms with Crippen molar-refractivity contribution in [3.63, 3.8) is 0 Å². The lowest BCUT2D eigenvalue weighted by Crippen LogP contribution is -2.00. The molecule has 15 heavy (non-hydrogen) atoms. The van der Waals surface area contributed by atoms with Crippen LogP contribution in [0.3, 0.4) is 0 Å². The molecule has 0 unspecified atom stereocenters. The van der Waals surface area contributed by atoms with Crippen LogP contribution in [0.2, 0.25) is 0 Å². The van der Waals surface area contributed by atoms with Crippen LogP contribution >= 0.6 is 15.9 Å². The van der Waals surface area contributed by atoms with Gasteiger partial charge in [-0.05, 0) is 35.8 Å². The molecular weight excluding hydrogens is 264 g/mol. The van der Waals surface area contributed by atoms with Crippen molar-refractivity contribution in [3.05, 3.63) is 21.7 Å². The molecule has 0 saturated carbocycles. The average Bonchev–Trinajstić information content (AvgIpc) is 2.10. The summed E-state index contributed by atoms with van der Waals surface area (Å²) in [4.78, 5) is 22.2. The lowest BCUT2D eigenvalue weighted by Gasteiger charge is -2.09. The van der Waals surface area contributed by atoms with Crippen LogP contribution < -0.4 is 0 Å². The number of halogens is 1. The third-order valence-electron chi connectivity index (χ3n) is 1.95. The number of Topliss-reactive ketones (excluding diaryl/α,β-unsaturated/α-hetero) is 2. The molecule has 1 aromatic carbocycles. The monoisotopic (exact) mass is 272 g/mol. The van der Waals surface area contributed by atoms with Crippen molar-refractivity contribution in [1.82, 2.24) is 0 Å². The standard InChI is InChI=1S/C10H9BrO4/c1-4(12)6-3-7(14)8(5(2)13)9(11)10(6)15/h3,14-15H,1-2H3. The Hall–Kier alpha value is -1.36. The molecule has 80 valence electrons. The Labute approximate surface area is 94.7 Å². The normalized spacial score (nSPS) is 10.1. The van der Waals surface area contributed by atoms with Gasteiger partial charge in [-0.15, -0.1) is 0 Å². The van der Waals surface area contributed by atoms with Crippen LogP contribution in [-0.4, -0.2) is 21.8 Å². The van der Waals surface area contributed by atoms with E-state index in [2.05, 4.69) is 15.9 Å². The van der Waals surface area contributed by atoms with Gasteiger partial charge in [-0.1, -0.05) is 0 Å². The quantitative estimate of drug-likeness (QED) is 0.640. The van der Waals surface area contributed by atoms with Gasteiger partial charge in [-0.25, -0.2) is 0 Å². The second-order valence-electron chi connectivity index (χ2n) is 3.09. The number of carbonyl (C=O) groups excluding carboxylic acids is 2. The van der Waals surface area contributed by atoms with Gasteiger partial charge in [-0.3, -0.25) is 9.59 Å². The third kappa shape index (κ3) is 2.02. The molecule has 0 aromatic heterocycles. The smallest absolute Gasteiger partial charge is 0.164 e. The number of aromatic hydroxyl groups is 2. The van der Waals surface area contributed by atoms with Gasteiger partial charge in [0.1, 0.15) is 11.5 Å². The zero-order chi connectivity index (χ0) is 11.7. The lowest BCUT2D eigenvalue weighted by atomic mass is 10.0. The van der Waals surface area contributed by atoms with E-state index in [4.69, 9.17) is 0 Å². The molecule has 1 aromatic rings. The van der Waals surface area contributed by atoms with Gasteiger partial charge in [0.05, 0.1) is 15.6 Å². The van der Waals surface area contributed by atoms with Crippen LogP contribution in [-0.2, 0) is 0 Å². The van der Waals surface area contributed by atoms with E-state index in [0.717, 1.165) is 6.07 Å². The fraction of sp³-hybridized carbons (Fsp3) is 0.200. The highest BCUT2D eigenvalue weighted by molar-refractivity contribution is 9.10. The predicted molar refractivity (Wildman–Crippen MR) is 57.5 cm³/mol. The van der Waals surface area contributed by atoms with Crippen molar-refractivity contribution in [3.8, 4) is 11.5 Å². The first-order valence-corrected chi connectivity index (χ1v) is 4.91. The van der Waals surface area contributed by atoms with Crippen molar-refractivity contribution < 1.29 is 19.8 Å². The molecular formula is C10H9BrO4. The van der Waals surface area contributed by atoms with Crippen LogP contribution in [0.25, 0.3) is 0 Å². The lowest BCUT2D eigenvalue weighted by molar-refractivity contribution is 0.0995. The minimum Gasteiger partial charge on any atom is -0.507 e. The number of phenols is 2. The summed E-state index contributed by atoms with van der Waals surface area (Å²) < 4.78 is 0.0419. The molecule has 4 nitrogen and oxygen atoms in total. The van der Waals surface area contributed by atoms with E-state index in [0.29, 0.717) is 0 Å². The van der Waals surface area contributed by atoms with Crippen LogP contribution in [0.1, 0.15) is 34.6 Å². The molecule has 0 bridgehead atoms. The van der Waals surface area contributed by atoms with Crippen LogP contribution in [0.5, 0.6) is 11.5 Å². The second-order valence-corrected chi connectivity index (χ2v) is 3.89. The Morgan fingerprint density at radius 1 is 1.20 bits per heavy atom. The number of benzene rings is 1. The van der Waals surface area contributed by atoms with E-state index < -0.39 is 11.6 Å². The highest BCUT2D eigenvalue weighted by Gasteiger charge is 2.20. The maximum atomic E-state index is 11.1. The van der Waals surface area contributed by atoms with E-state index in [-0.39, 0.29) is 27.1 Å². The number of hydrogen-bond acceptors (Lipinski definition) is 4. The van der Waals surface area contributed by atoms with Crippen molar-refractivity contribution in [2.24, 2.45) is 0 Å². The average molecular weight is 273 g/mol. The van der Waals surface area contributed by atoms with Crippen molar-refractivity contribution >= 4 is 27.5 Å². The van der Waals surface area contributed by atoms with Crippen molar-refractivity contribution in [2.45, 2.75) is 13.8 Å². The molecule has 0 aliphatic heterocycles. The minimum absolute atomic E-state index is 0.0237. The Morgan fingerprint density at radius 2 is 1.73 bits per heavy atom. The predicted octanol–water partition coefficient (Wildman–Crippen LogP) is 2.27. The molecule has 0 saturated heterocycles. The number of phenolic OH excluding ortho intramolecular Hbond substituents is 2. The highest BCUT2D eigenvalue weighted by atomic mass is 79.9. The SMILES string of the molecule is CC(=O)c1cc(O)c(C(C)=O)c(Br)c1O. The second kappa shape index (κ2) is 4.02. The number of rotatable bonds is 2. The summed E-state index contributed by atoms with van der Waals surface area (Å²) >= 11 is 2.97. The first kappa shape index (κ1) is 11.7. The fourth-order valence-corrected chi connectivity index (χ4v) is 1.93. The molecule has 2 N–H and O–H groups in total. The number of carbonyl (C=O) groups is 2. The highest BCUT2D eigenvalue weighted by Crippen LogP contribution is 2.37. The van der Waals surface area contributed by atoms with Crippen LogP contribution in [0.4, 0.5) is 0 Å². The molecule has 0 amide bonds. The zero-order valence-electron chi connectivity index (χ0n) is 8.17. The summed E-state index contributed by atoms with van der Waals surface area (Å²) in [5.41, 5.74) is -0.0538. The van der Waals surface area contributed by atoms with E-state index >= 15 is 0 Å². The van der Waals surface area contributed by atoms with E-state index in [1.807, 2.05) is 0 Å². The molecule has 0 fully saturated rings. The Bertz CT molecular complexity index is 451. The van der Waals surface area contributed by atoms with E-state index in [1.165, 1.54) is 13.8 Å². The minimum atomic E-state index is -0.398. The largest absolute Gasteiger partial charge is 0.507 e. The number of hydrogen-bond donors (Lipinski definition) is 2. The number of ketones is 2. The molecule has 1 rings (SSSR count). The summed E-state index contributed by atoms with van der Waals surface area (Å²) in [5.74, 6) is -1.44. The topological polar surface area (TPSA) is 74.6 Å². The Kier molecular flexibility index (Phi) is 3.14. The summed E-state index contributed by atoms with van der Waals surface area (Å²) in [6.07, 6.45) is 0. The molecule has 0 aliphatic carbocycles. The van der Waals surface area contributed by atoms with Gasteiger partial charge < -0.3 is 10.2 Å². The summed E-state index contributed by atoms with van der Waals surface area (Å²) in [5, 5.41) is 19.1. The molecule has 0 atom stereocenters. The third-order valence-corrected chi connectivity index (χ3v) is 2.72.